The molecule has 0 aromatic heterocycles. The highest BCUT2D eigenvalue weighted by atomic mass is 15.2. The number of aliphatic imine (C=N–C) groups is 1. The van der Waals surface area contributed by atoms with Gasteiger partial charge in [0, 0.05) is 38.4 Å². The lowest BCUT2D eigenvalue weighted by molar-refractivity contribution is 0.189. The number of guanidine groups is 1. The fourth-order valence-electron chi connectivity index (χ4n) is 4.09. The molecule has 1 atom stereocenters. The monoisotopic (exact) mass is 371 g/mol. The van der Waals surface area contributed by atoms with E-state index < -0.39 is 0 Å². The predicted octanol–water partition coefficient (Wildman–Crippen LogP) is 2.94. The Kier molecular flexibility index (Phi) is 7.81. The van der Waals surface area contributed by atoms with Crippen molar-refractivity contribution in [3.8, 4) is 0 Å². The number of hydrogen-bond donors (Lipinski definition) is 2. The smallest absolute Gasteiger partial charge is 0.191 e. The van der Waals surface area contributed by atoms with E-state index in [2.05, 4.69) is 62.7 Å². The van der Waals surface area contributed by atoms with Crippen molar-refractivity contribution in [1.82, 2.24) is 15.5 Å². The Balaban J connectivity index is 1.29. The van der Waals surface area contributed by atoms with Gasteiger partial charge >= 0.3 is 0 Å². The molecule has 2 saturated heterocycles. The second-order valence-corrected chi connectivity index (χ2v) is 8.14. The van der Waals surface area contributed by atoms with E-state index in [0.717, 1.165) is 37.9 Å². The highest BCUT2D eigenvalue weighted by molar-refractivity contribution is 5.80. The van der Waals surface area contributed by atoms with Crippen LogP contribution in [0.5, 0.6) is 0 Å². The quantitative estimate of drug-likeness (QED) is 0.439. The summed E-state index contributed by atoms with van der Waals surface area (Å²) in [6, 6.07) is 11.2. The molecule has 2 aliphatic heterocycles. The maximum Gasteiger partial charge on any atom is 0.191 e. The zero-order valence-electron chi connectivity index (χ0n) is 17.2. The van der Waals surface area contributed by atoms with Crippen LogP contribution in [0.2, 0.25) is 0 Å². The summed E-state index contributed by atoms with van der Waals surface area (Å²) in [5, 5.41) is 7.09. The minimum Gasteiger partial charge on any atom is -0.369 e. The van der Waals surface area contributed by atoms with E-state index in [9.17, 15) is 0 Å². The van der Waals surface area contributed by atoms with E-state index in [1.807, 2.05) is 7.05 Å². The second-order valence-electron chi connectivity index (χ2n) is 8.14. The number of anilines is 1. The van der Waals surface area contributed by atoms with Crippen LogP contribution >= 0.6 is 0 Å². The molecule has 0 radical (unpaired) electrons. The van der Waals surface area contributed by atoms with Gasteiger partial charge in [0.2, 0.25) is 0 Å². The van der Waals surface area contributed by atoms with Crippen molar-refractivity contribution in [3.63, 3.8) is 0 Å². The lowest BCUT2D eigenvalue weighted by Crippen LogP contribution is -2.45. The Labute approximate surface area is 165 Å². The van der Waals surface area contributed by atoms with Gasteiger partial charge in [-0.3, -0.25) is 4.99 Å². The number of nitrogens with zero attached hydrogens (tertiary/aromatic N) is 3. The largest absolute Gasteiger partial charge is 0.369 e. The maximum atomic E-state index is 4.41. The molecule has 2 heterocycles. The minimum atomic E-state index is 0.465. The fourth-order valence-corrected chi connectivity index (χ4v) is 4.09. The van der Waals surface area contributed by atoms with Crippen LogP contribution in [0.1, 0.15) is 39.0 Å². The van der Waals surface area contributed by atoms with Crippen molar-refractivity contribution in [2.24, 2.45) is 10.9 Å². The number of rotatable bonds is 7. The van der Waals surface area contributed by atoms with Crippen LogP contribution in [0.4, 0.5) is 5.69 Å². The van der Waals surface area contributed by atoms with Crippen LogP contribution in [0.25, 0.3) is 0 Å². The first-order valence-corrected chi connectivity index (χ1v) is 10.7. The number of piperidine rings is 1. The van der Waals surface area contributed by atoms with Crippen LogP contribution in [0.15, 0.2) is 35.3 Å². The molecule has 0 spiro atoms. The average molecular weight is 372 g/mol. The van der Waals surface area contributed by atoms with E-state index >= 15 is 0 Å². The molecule has 2 fully saturated rings. The summed E-state index contributed by atoms with van der Waals surface area (Å²) in [6.07, 6.45) is 6.37. The predicted molar refractivity (Wildman–Crippen MR) is 116 cm³/mol. The van der Waals surface area contributed by atoms with Gasteiger partial charge in [-0.2, -0.15) is 0 Å². The molecule has 0 amide bonds. The molecule has 1 unspecified atom stereocenters. The Morgan fingerprint density at radius 1 is 1.07 bits per heavy atom. The Morgan fingerprint density at radius 2 is 1.85 bits per heavy atom. The summed E-state index contributed by atoms with van der Waals surface area (Å²) in [4.78, 5) is 9.49. The van der Waals surface area contributed by atoms with E-state index in [0.29, 0.717) is 6.04 Å². The molecule has 2 N–H and O–H groups in total. The molecule has 0 aliphatic carbocycles. The SMILES string of the molecule is CN=C(NCCCCN1CCC(C)CC1)NC1CCN(c2ccccc2)C1. The minimum absolute atomic E-state index is 0.465. The molecule has 150 valence electrons. The Hall–Kier alpha value is -1.75. The summed E-state index contributed by atoms with van der Waals surface area (Å²) < 4.78 is 0. The summed E-state index contributed by atoms with van der Waals surface area (Å²) >= 11 is 0. The number of likely N-dealkylation sites (tertiary alicyclic amines) is 1. The highest BCUT2D eigenvalue weighted by Gasteiger charge is 2.23. The van der Waals surface area contributed by atoms with Gasteiger partial charge < -0.3 is 20.4 Å². The topological polar surface area (TPSA) is 42.9 Å². The first kappa shape index (κ1) is 20.0. The zero-order chi connectivity index (χ0) is 18.9. The van der Waals surface area contributed by atoms with Gasteiger partial charge in [-0.1, -0.05) is 25.1 Å². The van der Waals surface area contributed by atoms with Gasteiger partial charge in [0.15, 0.2) is 5.96 Å². The molecule has 27 heavy (non-hydrogen) atoms. The van der Waals surface area contributed by atoms with Crippen molar-refractivity contribution >= 4 is 11.6 Å². The fraction of sp³-hybridized carbons (Fsp3) is 0.682. The molecular weight excluding hydrogens is 334 g/mol. The number of nitrogens with one attached hydrogen (secondary N) is 2. The maximum absolute atomic E-state index is 4.41. The number of hydrogen-bond acceptors (Lipinski definition) is 3. The second kappa shape index (κ2) is 10.5. The first-order chi connectivity index (χ1) is 13.2. The van der Waals surface area contributed by atoms with Gasteiger partial charge in [-0.15, -0.1) is 0 Å². The number of para-hydroxylation sites is 1. The molecule has 1 aromatic carbocycles. The van der Waals surface area contributed by atoms with Gasteiger partial charge in [-0.05, 0) is 69.8 Å². The summed E-state index contributed by atoms with van der Waals surface area (Å²) in [7, 11) is 1.87. The Bertz CT molecular complexity index is 565. The molecule has 0 saturated carbocycles. The molecule has 3 rings (SSSR count). The lowest BCUT2D eigenvalue weighted by atomic mass is 9.99. The third-order valence-corrected chi connectivity index (χ3v) is 5.94. The van der Waals surface area contributed by atoms with E-state index in [1.165, 1.54) is 51.0 Å². The third-order valence-electron chi connectivity index (χ3n) is 5.94. The van der Waals surface area contributed by atoms with Crippen molar-refractivity contribution in [1.29, 1.82) is 0 Å². The van der Waals surface area contributed by atoms with E-state index in [4.69, 9.17) is 0 Å². The van der Waals surface area contributed by atoms with Crippen LogP contribution < -0.4 is 15.5 Å². The van der Waals surface area contributed by atoms with Crippen molar-refractivity contribution in [3.05, 3.63) is 30.3 Å². The average Bonchev–Trinajstić information content (AvgIpc) is 3.17. The molecule has 0 bridgehead atoms. The first-order valence-electron chi connectivity index (χ1n) is 10.7. The Morgan fingerprint density at radius 3 is 2.59 bits per heavy atom. The standard InChI is InChI=1S/C22H37N5/c1-19-10-15-26(16-11-19)14-7-6-13-24-22(23-2)25-20-12-17-27(18-20)21-8-4-3-5-9-21/h3-5,8-9,19-20H,6-7,10-18H2,1-2H3,(H2,23,24,25). The van der Waals surface area contributed by atoms with E-state index in [-0.39, 0.29) is 0 Å². The van der Waals surface area contributed by atoms with Crippen molar-refractivity contribution in [2.45, 2.75) is 45.1 Å². The number of benzene rings is 1. The summed E-state index contributed by atoms with van der Waals surface area (Å²) in [5.41, 5.74) is 1.32. The van der Waals surface area contributed by atoms with Crippen molar-refractivity contribution in [2.75, 3.05) is 51.2 Å². The molecule has 2 aliphatic rings. The van der Waals surface area contributed by atoms with Crippen LogP contribution in [-0.2, 0) is 0 Å². The molecule has 5 nitrogen and oxygen atoms in total. The highest BCUT2D eigenvalue weighted by Crippen LogP contribution is 2.19. The summed E-state index contributed by atoms with van der Waals surface area (Å²) in [6.45, 7) is 9.34. The van der Waals surface area contributed by atoms with Crippen LogP contribution in [0, 0.1) is 5.92 Å². The normalized spacial score (nSPS) is 22.2. The number of unbranched alkanes of at least 4 members (excludes halogenated alkanes) is 1. The van der Waals surface area contributed by atoms with Gasteiger partial charge in [0.25, 0.3) is 0 Å². The summed E-state index contributed by atoms with van der Waals surface area (Å²) in [5.74, 6) is 1.87. The van der Waals surface area contributed by atoms with Crippen molar-refractivity contribution < 1.29 is 0 Å². The molecule has 1 aromatic rings. The zero-order valence-corrected chi connectivity index (χ0v) is 17.2. The van der Waals surface area contributed by atoms with E-state index in [1.54, 1.807) is 0 Å². The van der Waals surface area contributed by atoms with Gasteiger partial charge in [-0.25, -0.2) is 0 Å². The third kappa shape index (κ3) is 6.42. The van der Waals surface area contributed by atoms with Crippen LogP contribution in [0.3, 0.4) is 0 Å². The molecular formula is C22H37N5. The van der Waals surface area contributed by atoms with Crippen LogP contribution in [-0.4, -0.2) is 63.2 Å². The lowest BCUT2D eigenvalue weighted by Gasteiger charge is -2.30. The van der Waals surface area contributed by atoms with Gasteiger partial charge in [0.05, 0.1) is 0 Å². The molecule has 5 heteroatoms. The van der Waals surface area contributed by atoms with Gasteiger partial charge in [0.1, 0.15) is 0 Å².